The third kappa shape index (κ3) is 3.45. The monoisotopic (exact) mass is 254 g/mol. The Morgan fingerprint density at radius 2 is 1.94 bits per heavy atom. The molecule has 4 atom stereocenters. The van der Waals surface area contributed by atoms with Gasteiger partial charge in [-0.15, -0.1) is 0 Å². The third-order valence-corrected chi connectivity index (χ3v) is 4.54. The largest absolute Gasteiger partial charge is 0.393 e. The highest BCUT2D eigenvalue weighted by atomic mass is 16.3. The van der Waals surface area contributed by atoms with E-state index in [1.165, 1.54) is 6.42 Å². The summed E-state index contributed by atoms with van der Waals surface area (Å²) in [7, 11) is 0. The molecule has 0 aromatic rings. The first kappa shape index (κ1) is 13.8. The van der Waals surface area contributed by atoms with Gasteiger partial charge in [-0.25, -0.2) is 0 Å². The van der Waals surface area contributed by atoms with Crippen molar-refractivity contribution in [1.82, 2.24) is 5.32 Å². The predicted molar refractivity (Wildman–Crippen MR) is 70.9 cm³/mol. The lowest BCUT2D eigenvalue weighted by molar-refractivity contribution is -0.128. The number of nitrogens with one attached hydrogen (secondary N) is 1. The molecule has 0 heterocycles. The quantitative estimate of drug-likeness (QED) is 0.707. The summed E-state index contributed by atoms with van der Waals surface area (Å²) in [6.07, 6.45) is 7.77. The van der Waals surface area contributed by atoms with Crippen LogP contribution in [0.1, 0.15) is 51.4 Å². The number of carbonyl (C=O) groups is 1. The predicted octanol–water partition coefficient (Wildman–Crippen LogP) is 1.17. The Morgan fingerprint density at radius 3 is 2.67 bits per heavy atom. The first-order chi connectivity index (χ1) is 8.70. The molecule has 0 saturated heterocycles. The molecule has 18 heavy (non-hydrogen) atoms. The number of rotatable bonds is 3. The molecule has 0 aromatic heterocycles. The van der Waals surface area contributed by atoms with Crippen molar-refractivity contribution in [2.75, 3.05) is 6.54 Å². The Morgan fingerprint density at radius 1 is 1.17 bits per heavy atom. The molecule has 0 aliphatic heterocycles. The fourth-order valence-electron chi connectivity index (χ4n) is 3.44. The van der Waals surface area contributed by atoms with Gasteiger partial charge in [0, 0.05) is 12.0 Å². The van der Waals surface area contributed by atoms with Gasteiger partial charge in [-0.1, -0.05) is 12.8 Å². The van der Waals surface area contributed by atoms with Crippen LogP contribution < -0.4 is 11.1 Å². The number of nitrogens with two attached hydrogens (primary N) is 1. The normalized spacial score (nSPS) is 37.2. The van der Waals surface area contributed by atoms with E-state index in [1.807, 2.05) is 0 Å². The molecule has 104 valence electrons. The van der Waals surface area contributed by atoms with Crippen LogP contribution in [0.3, 0.4) is 0 Å². The van der Waals surface area contributed by atoms with E-state index < -0.39 is 0 Å². The second-order valence-electron chi connectivity index (χ2n) is 5.91. The lowest BCUT2D eigenvalue weighted by Crippen LogP contribution is -2.46. The fourth-order valence-corrected chi connectivity index (χ4v) is 3.44. The molecule has 2 fully saturated rings. The number of hydrogen-bond acceptors (Lipinski definition) is 3. The van der Waals surface area contributed by atoms with Crippen molar-refractivity contribution in [2.24, 2.45) is 17.6 Å². The summed E-state index contributed by atoms with van der Waals surface area (Å²) in [5.41, 5.74) is 5.77. The highest BCUT2D eigenvalue weighted by molar-refractivity contribution is 5.79. The van der Waals surface area contributed by atoms with Crippen molar-refractivity contribution in [3.05, 3.63) is 0 Å². The van der Waals surface area contributed by atoms with Gasteiger partial charge in [0.05, 0.1) is 6.10 Å². The minimum Gasteiger partial charge on any atom is -0.393 e. The van der Waals surface area contributed by atoms with Crippen LogP contribution in [-0.4, -0.2) is 29.7 Å². The lowest BCUT2D eigenvalue weighted by atomic mass is 9.78. The molecule has 1 amide bonds. The van der Waals surface area contributed by atoms with Crippen LogP contribution >= 0.6 is 0 Å². The number of aliphatic hydroxyl groups excluding tert-OH is 1. The maximum atomic E-state index is 12.3. The number of carbonyl (C=O) groups excluding carboxylic acids is 1. The molecule has 0 aromatic carbocycles. The molecule has 4 heteroatoms. The van der Waals surface area contributed by atoms with Gasteiger partial charge in [0.15, 0.2) is 0 Å². The number of aliphatic hydroxyl groups is 1. The van der Waals surface area contributed by atoms with Gasteiger partial charge in [-0.2, -0.15) is 0 Å². The zero-order valence-corrected chi connectivity index (χ0v) is 11.1. The van der Waals surface area contributed by atoms with Gasteiger partial charge in [-0.05, 0) is 51.0 Å². The maximum Gasteiger partial charge on any atom is 0.223 e. The number of hydrogen-bond donors (Lipinski definition) is 3. The van der Waals surface area contributed by atoms with E-state index in [1.54, 1.807) is 0 Å². The van der Waals surface area contributed by atoms with Crippen molar-refractivity contribution in [3.8, 4) is 0 Å². The van der Waals surface area contributed by atoms with E-state index in [4.69, 9.17) is 5.73 Å². The van der Waals surface area contributed by atoms with Gasteiger partial charge < -0.3 is 16.2 Å². The second kappa shape index (κ2) is 6.53. The molecule has 0 bridgehead atoms. The first-order valence-electron chi connectivity index (χ1n) is 7.39. The minimum absolute atomic E-state index is 0.0998. The van der Waals surface area contributed by atoms with Gasteiger partial charge in [0.2, 0.25) is 5.91 Å². The summed E-state index contributed by atoms with van der Waals surface area (Å²) >= 11 is 0. The molecule has 0 radical (unpaired) electrons. The standard InChI is InChI=1S/C14H26N2O2/c15-9-10-4-1-2-7-13(10)14(18)16-11-5-3-6-12(17)8-11/h10-13,17H,1-9,15H2,(H,16,18). The summed E-state index contributed by atoms with van der Waals surface area (Å²) in [6, 6.07) is 0.168. The fraction of sp³-hybridized carbons (Fsp3) is 0.929. The highest BCUT2D eigenvalue weighted by Crippen LogP contribution is 2.30. The van der Waals surface area contributed by atoms with Crippen LogP contribution in [0, 0.1) is 11.8 Å². The van der Waals surface area contributed by atoms with Gasteiger partial charge in [0.1, 0.15) is 0 Å². The van der Waals surface area contributed by atoms with E-state index in [0.29, 0.717) is 18.9 Å². The van der Waals surface area contributed by atoms with Gasteiger partial charge in [0.25, 0.3) is 0 Å². The van der Waals surface area contributed by atoms with E-state index >= 15 is 0 Å². The van der Waals surface area contributed by atoms with E-state index in [2.05, 4.69) is 5.32 Å². The lowest BCUT2D eigenvalue weighted by Gasteiger charge is -2.33. The molecule has 2 saturated carbocycles. The van der Waals surface area contributed by atoms with Crippen molar-refractivity contribution >= 4 is 5.91 Å². The SMILES string of the molecule is NCC1CCCCC1C(=O)NC1CCCC(O)C1. The Hall–Kier alpha value is -0.610. The molecule has 0 spiro atoms. The van der Waals surface area contributed by atoms with E-state index in [0.717, 1.165) is 38.5 Å². The van der Waals surface area contributed by atoms with Gasteiger partial charge in [-0.3, -0.25) is 4.79 Å². The Labute approximate surface area is 109 Å². The van der Waals surface area contributed by atoms with Gasteiger partial charge >= 0.3 is 0 Å². The van der Waals surface area contributed by atoms with Crippen molar-refractivity contribution in [2.45, 2.75) is 63.5 Å². The second-order valence-corrected chi connectivity index (χ2v) is 5.91. The average Bonchev–Trinajstić information content (AvgIpc) is 2.38. The maximum absolute atomic E-state index is 12.3. The van der Waals surface area contributed by atoms with Crippen molar-refractivity contribution in [3.63, 3.8) is 0 Å². The van der Waals surface area contributed by atoms with E-state index in [-0.39, 0.29) is 24.0 Å². The Bertz CT molecular complexity index is 283. The molecule has 4 nitrogen and oxygen atoms in total. The number of amides is 1. The zero-order valence-electron chi connectivity index (χ0n) is 11.1. The molecular formula is C14H26N2O2. The molecule has 2 rings (SSSR count). The summed E-state index contributed by atoms with van der Waals surface area (Å²) in [6.45, 7) is 0.616. The minimum atomic E-state index is -0.235. The van der Waals surface area contributed by atoms with Crippen LogP contribution in [-0.2, 0) is 4.79 Å². The topological polar surface area (TPSA) is 75.4 Å². The molecule has 2 aliphatic carbocycles. The Kier molecular flexibility index (Phi) is 5.01. The Balaban J connectivity index is 1.85. The smallest absolute Gasteiger partial charge is 0.223 e. The van der Waals surface area contributed by atoms with Crippen LogP contribution in [0.5, 0.6) is 0 Å². The van der Waals surface area contributed by atoms with Crippen LogP contribution in [0.4, 0.5) is 0 Å². The first-order valence-corrected chi connectivity index (χ1v) is 7.39. The molecule has 2 aliphatic rings. The molecular weight excluding hydrogens is 228 g/mol. The van der Waals surface area contributed by atoms with Crippen LogP contribution in [0.25, 0.3) is 0 Å². The summed E-state index contributed by atoms with van der Waals surface area (Å²) < 4.78 is 0. The zero-order chi connectivity index (χ0) is 13.0. The summed E-state index contributed by atoms with van der Waals surface area (Å²) in [5, 5.41) is 12.8. The molecule has 4 N–H and O–H groups in total. The third-order valence-electron chi connectivity index (χ3n) is 4.54. The van der Waals surface area contributed by atoms with Crippen molar-refractivity contribution < 1.29 is 9.90 Å². The van der Waals surface area contributed by atoms with Crippen molar-refractivity contribution in [1.29, 1.82) is 0 Å². The van der Waals surface area contributed by atoms with Crippen LogP contribution in [0.15, 0.2) is 0 Å². The summed E-state index contributed by atoms with van der Waals surface area (Å²) in [5.74, 6) is 0.624. The highest BCUT2D eigenvalue weighted by Gasteiger charge is 2.31. The van der Waals surface area contributed by atoms with Crippen LogP contribution in [0.2, 0.25) is 0 Å². The van der Waals surface area contributed by atoms with E-state index in [9.17, 15) is 9.90 Å². The average molecular weight is 254 g/mol. The summed E-state index contributed by atoms with van der Waals surface area (Å²) in [4.78, 5) is 12.3. The molecule has 4 unspecified atom stereocenters.